The summed E-state index contributed by atoms with van der Waals surface area (Å²) in [6, 6.07) is 12.5. The lowest BCUT2D eigenvalue weighted by Gasteiger charge is -2.35. The molecule has 0 spiro atoms. The maximum Gasteiger partial charge on any atom is 0.253 e. The zero-order valence-corrected chi connectivity index (χ0v) is 15.4. The average Bonchev–Trinajstić information content (AvgIpc) is 2.65. The molecule has 26 heavy (non-hydrogen) atoms. The molecule has 0 aliphatic carbocycles. The van der Waals surface area contributed by atoms with E-state index in [0.717, 1.165) is 36.3 Å². The van der Waals surface area contributed by atoms with Crippen LogP contribution in [0.25, 0.3) is 0 Å². The van der Waals surface area contributed by atoms with Crippen molar-refractivity contribution in [2.75, 3.05) is 33.3 Å². The van der Waals surface area contributed by atoms with Gasteiger partial charge in [0.25, 0.3) is 5.91 Å². The topological polar surface area (TPSA) is 32.8 Å². The first-order valence-corrected chi connectivity index (χ1v) is 8.91. The molecule has 2 aromatic carbocycles. The quantitative estimate of drug-likeness (QED) is 0.825. The standard InChI is InChI=1S/C21H25FN2O2/c1-16-13-20(22)8-7-19(16)14-23-9-11-24(12-10-23)21(25)18-5-3-17(4-6-18)15-26-2/h3-8,13H,9-12,14-15H2,1-2H3. The van der Waals surface area contributed by atoms with Crippen LogP contribution in [0.2, 0.25) is 0 Å². The third-order valence-electron chi connectivity index (χ3n) is 4.87. The first kappa shape index (κ1) is 18.5. The van der Waals surface area contributed by atoms with E-state index < -0.39 is 0 Å². The van der Waals surface area contributed by atoms with Gasteiger partial charge >= 0.3 is 0 Å². The molecule has 1 heterocycles. The second kappa shape index (κ2) is 8.43. The molecule has 0 bridgehead atoms. The van der Waals surface area contributed by atoms with Crippen LogP contribution in [-0.4, -0.2) is 49.0 Å². The van der Waals surface area contributed by atoms with Crippen molar-refractivity contribution in [3.05, 3.63) is 70.5 Å². The zero-order chi connectivity index (χ0) is 18.5. The minimum absolute atomic E-state index is 0.0755. The van der Waals surface area contributed by atoms with Crippen LogP contribution in [0.15, 0.2) is 42.5 Å². The second-order valence-electron chi connectivity index (χ2n) is 6.77. The summed E-state index contributed by atoms with van der Waals surface area (Å²) in [4.78, 5) is 16.9. The van der Waals surface area contributed by atoms with E-state index in [1.54, 1.807) is 13.2 Å². The Labute approximate surface area is 154 Å². The molecule has 1 amide bonds. The van der Waals surface area contributed by atoms with E-state index >= 15 is 0 Å². The Morgan fingerprint density at radius 1 is 1.08 bits per heavy atom. The molecule has 1 aliphatic rings. The Balaban J connectivity index is 1.55. The molecule has 0 unspecified atom stereocenters. The van der Waals surface area contributed by atoms with Gasteiger partial charge in [-0.05, 0) is 47.9 Å². The van der Waals surface area contributed by atoms with Crippen LogP contribution in [0.3, 0.4) is 0 Å². The van der Waals surface area contributed by atoms with Crippen molar-refractivity contribution in [2.45, 2.75) is 20.1 Å². The van der Waals surface area contributed by atoms with Gasteiger partial charge in [-0.25, -0.2) is 4.39 Å². The molecule has 3 rings (SSSR count). The maximum atomic E-state index is 13.2. The number of nitrogens with zero attached hydrogens (tertiary/aromatic N) is 2. The van der Waals surface area contributed by atoms with Gasteiger partial charge in [0.1, 0.15) is 5.82 Å². The summed E-state index contributed by atoms with van der Waals surface area (Å²) in [6.07, 6.45) is 0. The first-order valence-electron chi connectivity index (χ1n) is 8.91. The number of rotatable bonds is 5. The lowest BCUT2D eigenvalue weighted by molar-refractivity contribution is 0.0628. The summed E-state index contributed by atoms with van der Waals surface area (Å²) in [7, 11) is 1.66. The summed E-state index contributed by atoms with van der Waals surface area (Å²) >= 11 is 0. The van der Waals surface area contributed by atoms with E-state index in [4.69, 9.17) is 4.74 Å². The number of ether oxygens (including phenoxy) is 1. The van der Waals surface area contributed by atoms with Gasteiger partial charge < -0.3 is 9.64 Å². The Hall–Kier alpha value is -2.24. The van der Waals surface area contributed by atoms with Crippen molar-refractivity contribution in [3.63, 3.8) is 0 Å². The number of carbonyl (C=O) groups is 1. The first-order chi connectivity index (χ1) is 12.6. The average molecular weight is 356 g/mol. The SMILES string of the molecule is COCc1ccc(C(=O)N2CCN(Cc3ccc(F)cc3C)CC2)cc1. The monoisotopic (exact) mass is 356 g/mol. The summed E-state index contributed by atoms with van der Waals surface area (Å²) in [6.45, 7) is 6.34. The van der Waals surface area contributed by atoms with E-state index in [2.05, 4.69) is 4.90 Å². The number of piperazine rings is 1. The third kappa shape index (κ3) is 4.48. The summed E-state index contributed by atoms with van der Waals surface area (Å²) in [5, 5.41) is 0. The number of methoxy groups -OCH3 is 1. The minimum atomic E-state index is -0.196. The lowest BCUT2D eigenvalue weighted by Crippen LogP contribution is -2.48. The van der Waals surface area contributed by atoms with Crippen molar-refractivity contribution in [1.29, 1.82) is 0 Å². The number of aryl methyl sites for hydroxylation is 1. The zero-order valence-electron chi connectivity index (χ0n) is 15.4. The van der Waals surface area contributed by atoms with Crippen LogP contribution in [0.1, 0.15) is 27.0 Å². The van der Waals surface area contributed by atoms with Crippen LogP contribution in [-0.2, 0) is 17.9 Å². The molecule has 138 valence electrons. The maximum absolute atomic E-state index is 13.2. The van der Waals surface area contributed by atoms with Crippen LogP contribution in [0, 0.1) is 12.7 Å². The molecule has 0 N–H and O–H groups in total. The van der Waals surface area contributed by atoms with Gasteiger partial charge in [-0.15, -0.1) is 0 Å². The smallest absolute Gasteiger partial charge is 0.253 e. The van der Waals surface area contributed by atoms with E-state index in [1.165, 1.54) is 6.07 Å². The number of carbonyl (C=O) groups excluding carboxylic acids is 1. The van der Waals surface area contributed by atoms with Crippen molar-refractivity contribution in [3.8, 4) is 0 Å². The highest BCUT2D eigenvalue weighted by Gasteiger charge is 2.22. The second-order valence-corrected chi connectivity index (χ2v) is 6.77. The normalized spacial score (nSPS) is 15.3. The van der Waals surface area contributed by atoms with Gasteiger partial charge in [-0.1, -0.05) is 18.2 Å². The van der Waals surface area contributed by atoms with Crippen LogP contribution >= 0.6 is 0 Å². The molecule has 4 nitrogen and oxygen atoms in total. The number of hydrogen-bond acceptors (Lipinski definition) is 3. The van der Waals surface area contributed by atoms with E-state index in [-0.39, 0.29) is 11.7 Å². The molecule has 0 saturated carbocycles. The fourth-order valence-corrected chi connectivity index (χ4v) is 3.28. The summed E-state index contributed by atoms with van der Waals surface area (Å²) in [5.74, 6) is -0.121. The van der Waals surface area contributed by atoms with E-state index in [9.17, 15) is 9.18 Å². The van der Waals surface area contributed by atoms with Crippen LogP contribution in [0.4, 0.5) is 4.39 Å². The van der Waals surface area contributed by atoms with E-state index in [0.29, 0.717) is 25.3 Å². The number of amides is 1. The molecule has 0 atom stereocenters. The van der Waals surface area contributed by atoms with Gasteiger partial charge in [0.15, 0.2) is 0 Å². The van der Waals surface area contributed by atoms with Crippen LogP contribution < -0.4 is 0 Å². The van der Waals surface area contributed by atoms with E-state index in [1.807, 2.05) is 42.2 Å². The largest absolute Gasteiger partial charge is 0.380 e. The Morgan fingerprint density at radius 2 is 1.77 bits per heavy atom. The molecule has 2 aromatic rings. The highest BCUT2D eigenvalue weighted by Crippen LogP contribution is 2.16. The fourth-order valence-electron chi connectivity index (χ4n) is 3.28. The molecular weight excluding hydrogens is 331 g/mol. The third-order valence-corrected chi connectivity index (χ3v) is 4.87. The van der Waals surface area contributed by atoms with Crippen molar-refractivity contribution < 1.29 is 13.9 Å². The Kier molecular flexibility index (Phi) is 6.01. The Bertz CT molecular complexity index is 753. The van der Waals surface area contributed by atoms with Crippen molar-refractivity contribution >= 4 is 5.91 Å². The Morgan fingerprint density at radius 3 is 2.38 bits per heavy atom. The predicted molar refractivity (Wildman–Crippen MR) is 99.5 cm³/mol. The van der Waals surface area contributed by atoms with Gasteiger partial charge in [0.2, 0.25) is 0 Å². The molecular formula is C21H25FN2O2. The van der Waals surface area contributed by atoms with Crippen molar-refractivity contribution in [1.82, 2.24) is 9.80 Å². The molecule has 5 heteroatoms. The van der Waals surface area contributed by atoms with Gasteiger partial charge in [0, 0.05) is 45.4 Å². The highest BCUT2D eigenvalue weighted by atomic mass is 19.1. The number of hydrogen-bond donors (Lipinski definition) is 0. The fraction of sp³-hybridized carbons (Fsp3) is 0.381. The molecule has 0 aromatic heterocycles. The lowest BCUT2D eigenvalue weighted by atomic mass is 10.1. The number of halogens is 1. The molecule has 1 fully saturated rings. The summed E-state index contributed by atoms with van der Waals surface area (Å²) in [5.41, 5.74) is 3.88. The predicted octanol–water partition coefficient (Wildman–Crippen LogP) is 3.24. The van der Waals surface area contributed by atoms with Gasteiger partial charge in [-0.2, -0.15) is 0 Å². The van der Waals surface area contributed by atoms with Gasteiger partial charge in [-0.3, -0.25) is 9.69 Å². The minimum Gasteiger partial charge on any atom is -0.380 e. The summed E-state index contributed by atoms with van der Waals surface area (Å²) < 4.78 is 18.3. The molecule has 1 aliphatic heterocycles. The molecule has 1 saturated heterocycles. The molecule has 0 radical (unpaired) electrons. The van der Waals surface area contributed by atoms with Crippen molar-refractivity contribution in [2.24, 2.45) is 0 Å². The number of benzene rings is 2. The van der Waals surface area contributed by atoms with Gasteiger partial charge in [0.05, 0.1) is 6.61 Å². The van der Waals surface area contributed by atoms with Crippen LogP contribution in [0.5, 0.6) is 0 Å². The highest BCUT2D eigenvalue weighted by molar-refractivity contribution is 5.94.